The van der Waals surface area contributed by atoms with Crippen molar-refractivity contribution in [3.63, 3.8) is 0 Å². The lowest BCUT2D eigenvalue weighted by atomic mass is 10.1. The summed E-state index contributed by atoms with van der Waals surface area (Å²) in [5.74, 6) is 0.541. The van der Waals surface area contributed by atoms with E-state index in [1.807, 2.05) is 41.1 Å². The molecule has 0 fully saturated rings. The summed E-state index contributed by atoms with van der Waals surface area (Å²) in [6.07, 6.45) is 1.75. The maximum absolute atomic E-state index is 12.8. The average Bonchev–Trinajstić information content (AvgIpc) is 3.45. The van der Waals surface area contributed by atoms with Gasteiger partial charge in [0.05, 0.1) is 11.2 Å². The molecule has 0 aliphatic rings. The maximum atomic E-state index is 12.8. The zero-order chi connectivity index (χ0) is 19.2. The van der Waals surface area contributed by atoms with E-state index < -0.39 is 0 Å². The molecule has 4 rings (SSSR count). The minimum atomic E-state index is -0.283. The number of amides is 1. The summed E-state index contributed by atoms with van der Waals surface area (Å²) in [4.78, 5) is 21.4. The number of rotatable bonds is 7. The van der Waals surface area contributed by atoms with Crippen LogP contribution in [0.15, 0.2) is 77.1 Å². The van der Waals surface area contributed by atoms with Gasteiger partial charge in [0.1, 0.15) is 23.4 Å². The molecule has 1 N–H and O–H groups in total. The molecule has 1 unspecified atom stereocenters. The third-order valence-electron chi connectivity index (χ3n) is 4.09. The molecule has 0 aliphatic heterocycles. The molecule has 1 amide bonds. The lowest BCUT2D eigenvalue weighted by molar-refractivity contribution is 0.0943. The second-order valence-electron chi connectivity index (χ2n) is 5.98. The molecule has 5 nitrogen and oxygen atoms in total. The fraction of sp³-hybridized carbons (Fsp3) is 0.0952. The van der Waals surface area contributed by atoms with Crippen molar-refractivity contribution >= 4 is 28.6 Å². The van der Waals surface area contributed by atoms with Gasteiger partial charge in [0.2, 0.25) is 0 Å². The van der Waals surface area contributed by atoms with Gasteiger partial charge in [0, 0.05) is 22.5 Å². The number of aromatic nitrogens is 2. The van der Waals surface area contributed by atoms with Crippen LogP contribution in [0.1, 0.15) is 32.7 Å². The Kier molecular flexibility index (Phi) is 5.75. The van der Waals surface area contributed by atoms with Crippen LogP contribution in [0.2, 0.25) is 0 Å². The van der Waals surface area contributed by atoms with Crippen molar-refractivity contribution in [2.75, 3.05) is 0 Å². The quantitative estimate of drug-likeness (QED) is 0.482. The Hall–Kier alpha value is -3.03. The monoisotopic (exact) mass is 407 g/mol. The Morgan fingerprint density at radius 2 is 1.89 bits per heavy atom. The third-order valence-corrected chi connectivity index (χ3v) is 5.57. The van der Waals surface area contributed by atoms with Crippen LogP contribution in [-0.4, -0.2) is 15.9 Å². The van der Waals surface area contributed by atoms with Gasteiger partial charge >= 0.3 is 0 Å². The molecule has 0 spiro atoms. The topological polar surface area (TPSA) is 64.1 Å². The van der Waals surface area contributed by atoms with Crippen LogP contribution in [0.3, 0.4) is 0 Å². The highest BCUT2D eigenvalue weighted by Gasteiger charge is 2.19. The number of hydrogen-bond donors (Lipinski definition) is 1. The summed E-state index contributed by atoms with van der Waals surface area (Å²) in [7, 11) is 0. The number of carbonyl (C=O) groups excluding carboxylic acids is 1. The molecule has 7 heteroatoms. The van der Waals surface area contributed by atoms with Crippen molar-refractivity contribution in [2.45, 2.75) is 12.6 Å². The van der Waals surface area contributed by atoms with Crippen LogP contribution in [-0.2, 0) is 6.61 Å². The first-order valence-corrected chi connectivity index (χ1v) is 10.5. The van der Waals surface area contributed by atoms with Crippen molar-refractivity contribution in [1.82, 2.24) is 15.3 Å². The van der Waals surface area contributed by atoms with Gasteiger partial charge in [-0.1, -0.05) is 30.3 Å². The zero-order valence-electron chi connectivity index (χ0n) is 14.8. The van der Waals surface area contributed by atoms with E-state index in [9.17, 15) is 4.79 Å². The molecule has 0 saturated carbocycles. The van der Waals surface area contributed by atoms with Gasteiger partial charge in [-0.3, -0.25) is 4.79 Å². The van der Waals surface area contributed by atoms with Crippen LogP contribution in [0.4, 0.5) is 0 Å². The number of benzene rings is 2. The molecule has 0 saturated heterocycles. The smallest absolute Gasteiger partial charge is 0.252 e. The second kappa shape index (κ2) is 8.77. The lowest BCUT2D eigenvalue weighted by Gasteiger charge is -2.17. The highest BCUT2D eigenvalue weighted by molar-refractivity contribution is 7.09. The van der Waals surface area contributed by atoms with Gasteiger partial charge in [-0.15, -0.1) is 22.7 Å². The molecule has 2 heterocycles. The molecular weight excluding hydrogens is 390 g/mol. The molecule has 28 heavy (non-hydrogen) atoms. The van der Waals surface area contributed by atoms with Crippen molar-refractivity contribution < 1.29 is 9.53 Å². The number of nitrogens with zero attached hydrogens (tertiary/aromatic N) is 2. The Labute approximate surface area is 170 Å². The van der Waals surface area contributed by atoms with E-state index in [4.69, 9.17) is 4.74 Å². The Balaban J connectivity index is 1.45. The van der Waals surface area contributed by atoms with Gasteiger partial charge in [-0.25, -0.2) is 9.97 Å². The van der Waals surface area contributed by atoms with Gasteiger partial charge in [-0.05, 0) is 29.8 Å². The Morgan fingerprint density at radius 3 is 2.57 bits per heavy atom. The zero-order valence-corrected chi connectivity index (χ0v) is 16.5. The number of hydrogen-bond acceptors (Lipinski definition) is 6. The van der Waals surface area contributed by atoms with E-state index in [1.165, 1.54) is 22.7 Å². The highest BCUT2D eigenvalue weighted by atomic mass is 32.1. The number of thiazole rings is 2. The standard InChI is InChI=1S/C21H17N3O2S2/c25-20(16-6-8-18(9-7-16)26-12-17-13-27-14-23-17)24-19(21-22-10-11-28-21)15-4-2-1-3-5-15/h1-11,13-14,19H,12H2,(H,24,25). The molecule has 0 aliphatic carbocycles. The molecule has 0 bridgehead atoms. The average molecular weight is 408 g/mol. The van der Waals surface area contributed by atoms with Crippen LogP contribution >= 0.6 is 22.7 Å². The predicted octanol–water partition coefficient (Wildman–Crippen LogP) is 4.70. The fourth-order valence-corrected chi connectivity index (χ4v) is 3.95. The van der Waals surface area contributed by atoms with E-state index in [1.54, 1.807) is 36.0 Å². The molecule has 0 radical (unpaired) electrons. The number of ether oxygens (including phenoxy) is 1. The van der Waals surface area contributed by atoms with Crippen molar-refractivity contribution in [2.24, 2.45) is 0 Å². The highest BCUT2D eigenvalue weighted by Crippen LogP contribution is 2.24. The van der Waals surface area contributed by atoms with Crippen LogP contribution in [0, 0.1) is 0 Å². The number of carbonyl (C=O) groups is 1. The second-order valence-corrected chi connectivity index (χ2v) is 7.63. The molecule has 4 aromatic rings. The van der Waals surface area contributed by atoms with E-state index in [-0.39, 0.29) is 11.9 Å². The summed E-state index contributed by atoms with van der Waals surface area (Å²) < 4.78 is 5.70. The SMILES string of the molecule is O=C(NC(c1ccccc1)c1nccs1)c1ccc(OCc2cscn2)cc1. The first-order valence-electron chi connectivity index (χ1n) is 8.65. The fourth-order valence-electron chi connectivity index (χ4n) is 2.69. The molecule has 2 aromatic heterocycles. The molecular formula is C21H17N3O2S2. The van der Waals surface area contributed by atoms with Gasteiger partial charge in [0.25, 0.3) is 5.91 Å². The van der Waals surface area contributed by atoms with E-state index >= 15 is 0 Å². The summed E-state index contributed by atoms with van der Waals surface area (Å²) >= 11 is 3.06. The molecule has 1 atom stereocenters. The van der Waals surface area contributed by atoms with Crippen molar-refractivity contribution in [3.8, 4) is 5.75 Å². The maximum Gasteiger partial charge on any atom is 0.252 e. The first-order chi connectivity index (χ1) is 13.8. The van der Waals surface area contributed by atoms with Gasteiger partial charge in [0.15, 0.2) is 0 Å². The van der Waals surface area contributed by atoms with Crippen LogP contribution in [0.25, 0.3) is 0 Å². The van der Waals surface area contributed by atoms with E-state index in [0.29, 0.717) is 17.9 Å². The predicted molar refractivity (Wildman–Crippen MR) is 111 cm³/mol. The molecule has 2 aromatic carbocycles. The lowest BCUT2D eigenvalue weighted by Crippen LogP contribution is -2.29. The van der Waals surface area contributed by atoms with Crippen molar-refractivity contribution in [3.05, 3.63) is 98.9 Å². The largest absolute Gasteiger partial charge is 0.487 e. The Bertz CT molecular complexity index is 1000. The first kappa shape index (κ1) is 18.3. The van der Waals surface area contributed by atoms with Crippen molar-refractivity contribution in [1.29, 1.82) is 0 Å². The third kappa shape index (κ3) is 4.44. The summed E-state index contributed by atoms with van der Waals surface area (Å²) in [5, 5.41) is 7.79. The van der Waals surface area contributed by atoms with Gasteiger partial charge in [-0.2, -0.15) is 0 Å². The minimum absolute atomic E-state index is 0.157. The minimum Gasteiger partial charge on any atom is -0.487 e. The van der Waals surface area contributed by atoms with Crippen LogP contribution in [0.5, 0.6) is 5.75 Å². The summed E-state index contributed by atoms with van der Waals surface area (Å²) in [6.45, 7) is 0.412. The Morgan fingerprint density at radius 1 is 1.07 bits per heavy atom. The summed E-state index contributed by atoms with van der Waals surface area (Å²) in [5.41, 5.74) is 4.23. The van der Waals surface area contributed by atoms with E-state index in [0.717, 1.165) is 16.3 Å². The molecule has 140 valence electrons. The summed E-state index contributed by atoms with van der Waals surface area (Å²) in [6, 6.07) is 16.7. The van der Waals surface area contributed by atoms with Crippen LogP contribution < -0.4 is 10.1 Å². The van der Waals surface area contributed by atoms with Gasteiger partial charge < -0.3 is 10.1 Å². The normalized spacial score (nSPS) is 11.7. The van der Waals surface area contributed by atoms with E-state index in [2.05, 4.69) is 15.3 Å². The number of nitrogens with one attached hydrogen (secondary N) is 1.